The van der Waals surface area contributed by atoms with E-state index in [0.717, 1.165) is 0 Å². The number of ether oxygens (including phenoxy) is 1. The normalized spacial score (nSPS) is 46.7. The van der Waals surface area contributed by atoms with Crippen molar-refractivity contribution < 1.29 is 4.74 Å². The zero-order chi connectivity index (χ0) is 13.7. The highest BCUT2D eigenvalue weighted by Gasteiger charge is 2.77. The Morgan fingerprint density at radius 1 is 0.944 bits per heavy atom. The van der Waals surface area contributed by atoms with E-state index in [1.165, 1.54) is 0 Å². The van der Waals surface area contributed by atoms with E-state index in [2.05, 4.69) is 0 Å². The third-order valence-electron chi connectivity index (χ3n) is 3.63. The van der Waals surface area contributed by atoms with E-state index >= 15 is 0 Å². The molecule has 9 heteroatoms. The molecule has 3 aliphatic rings. The Morgan fingerprint density at radius 3 is 2.06 bits per heavy atom. The summed E-state index contributed by atoms with van der Waals surface area (Å²) in [6, 6.07) is 0. The molecule has 0 aromatic rings. The Kier molecular flexibility index (Phi) is 3.20. The van der Waals surface area contributed by atoms with Crippen molar-refractivity contribution in [2.45, 2.75) is 30.0 Å². The van der Waals surface area contributed by atoms with Crippen LogP contribution in [0.2, 0.25) is 0 Å². The van der Waals surface area contributed by atoms with Crippen LogP contribution in [0.4, 0.5) is 0 Å². The number of hydrogen-bond acceptors (Lipinski definition) is 1. The van der Waals surface area contributed by atoms with Crippen LogP contribution < -0.4 is 0 Å². The highest BCUT2D eigenvalue weighted by atomic mass is 35.5. The maximum atomic E-state index is 6.52. The summed E-state index contributed by atoms with van der Waals surface area (Å²) >= 11 is 49.6. The van der Waals surface area contributed by atoms with Gasteiger partial charge in [-0.1, -0.05) is 69.6 Å². The van der Waals surface area contributed by atoms with E-state index in [9.17, 15) is 0 Å². The van der Waals surface area contributed by atoms with Gasteiger partial charge in [-0.25, -0.2) is 0 Å². The summed E-state index contributed by atoms with van der Waals surface area (Å²) in [6.45, 7) is 0. The molecule has 3 rings (SSSR count). The molecule has 0 radical (unpaired) electrons. The second-order valence-electron chi connectivity index (χ2n) is 4.56. The molecule has 0 spiro atoms. The van der Waals surface area contributed by atoms with Gasteiger partial charge >= 0.3 is 0 Å². The standard InChI is InChI=1S/C9H4Cl8O/c10-5-2-1-6(11,7(5,12)13)4-3(2)8(14,15)18-9(4,16)17/h2,5H,1H2. The first-order valence-corrected chi connectivity index (χ1v) is 7.95. The van der Waals surface area contributed by atoms with Crippen molar-refractivity contribution >= 4 is 92.8 Å². The largest absolute Gasteiger partial charge is 0.302 e. The Hall–Kier alpha value is 2.02. The van der Waals surface area contributed by atoms with Gasteiger partial charge in [-0.15, -0.1) is 23.2 Å². The van der Waals surface area contributed by atoms with Gasteiger partial charge in [0.15, 0.2) is 4.33 Å². The number of halogens is 8. The highest BCUT2D eigenvalue weighted by molar-refractivity contribution is 6.61. The number of rotatable bonds is 0. The lowest BCUT2D eigenvalue weighted by molar-refractivity contribution is 0.0863. The minimum Gasteiger partial charge on any atom is -0.302 e. The average Bonchev–Trinajstić information content (AvgIpc) is 2.65. The van der Waals surface area contributed by atoms with Gasteiger partial charge < -0.3 is 4.74 Å². The Labute approximate surface area is 143 Å². The molecular formula is C9H4Cl8O. The summed E-state index contributed by atoms with van der Waals surface area (Å²) < 4.78 is 0.362. The van der Waals surface area contributed by atoms with Crippen LogP contribution in [0.15, 0.2) is 11.1 Å². The predicted octanol–water partition coefficient (Wildman–Crippen LogP) is 5.37. The van der Waals surface area contributed by atoms with Crippen molar-refractivity contribution in [3.63, 3.8) is 0 Å². The molecule has 1 saturated carbocycles. The number of fused-ring (bicyclic) bond motifs is 4. The first kappa shape index (κ1) is 14.9. The Morgan fingerprint density at radius 2 is 1.50 bits per heavy atom. The van der Waals surface area contributed by atoms with E-state index in [1.54, 1.807) is 0 Å². The van der Waals surface area contributed by atoms with E-state index in [1.807, 2.05) is 0 Å². The van der Waals surface area contributed by atoms with E-state index < -0.39 is 23.6 Å². The maximum absolute atomic E-state index is 6.52. The number of hydrogen-bond donors (Lipinski definition) is 0. The molecule has 2 aliphatic carbocycles. The minimum atomic E-state index is -1.76. The Bertz CT molecular complexity index is 469. The van der Waals surface area contributed by atoms with Gasteiger partial charge in [-0.05, 0) is 6.42 Å². The predicted molar refractivity (Wildman–Crippen MR) is 77.8 cm³/mol. The molecule has 0 amide bonds. The Balaban J connectivity index is 2.27. The van der Waals surface area contributed by atoms with E-state index in [4.69, 9.17) is 97.5 Å². The highest BCUT2D eigenvalue weighted by Crippen LogP contribution is 2.74. The third-order valence-corrected chi connectivity index (χ3v) is 7.53. The SMILES string of the molecule is ClC1C2CC(Cl)(C3=C2C(Cl)(Cl)OC3(Cl)Cl)C1(Cl)Cl. The molecule has 0 N–H and O–H groups in total. The fourth-order valence-corrected chi connectivity index (χ4v) is 6.28. The first-order valence-electron chi connectivity index (χ1n) is 4.87. The van der Waals surface area contributed by atoms with E-state index in [0.29, 0.717) is 17.6 Å². The molecule has 1 aliphatic heterocycles. The van der Waals surface area contributed by atoms with Crippen molar-refractivity contribution in [1.29, 1.82) is 0 Å². The lowest BCUT2D eigenvalue weighted by atomic mass is 9.91. The summed E-state index contributed by atoms with van der Waals surface area (Å²) in [7, 11) is 0. The van der Waals surface area contributed by atoms with Crippen LogP contribution >= 0.6 is 92.8 Å². The molecule has 18 heavy (non-hydrogen) atoms. The topological polar surface area (TPSA) is 9.23 Å². The zero-order valence-electron chi connectivity index (χ0n) is 8.29. The van der Waals surface area contributed by atoms with Crippen LogP contribution in [-0.2, 0) is 4.74 Å². The average molecular weight is 412 g/mol. The lowest BCUT2D eigenvalue weighted by Gasteiger charge is -2.38. The van der Waals surface area contributed by atoms with Crippen LogP contribution in [-0.4, -0.2) is 23.6 Å². The van der Waals surface area contributed by atoms with Crippen molar-refractivity contribution in [2.24, 2.45) is 5.92 Å². The van der Waals surface area contributed by atoms with Crippen molar-refractivity contribution in [2.75, 3.05) is 0 Å². The molecule has 1 nitrogen and oxygen atoms in total. The molecule has 2 bridgehead atoms. The fourth-order valence-electron chi connectivity index (χ4n) is 2.95. The second-order valence-corrected chi connectivity index (χ2v) is 9.58. The van der Waals surface area contributed by atoms with Crippen LogP contribution in [0.3, 0.4) is 0 Å². The molecule has 1 heterocycles. The van der Waals surface area contributed by atoms with Gasteiger partial charge in [0.1, 0.15) is 4.87 Å². The van der Waals surface area contributed by atoms with Gasteiger partial charge in [-0.3, -0.25) is 0 Å². The van der Waals surface area contributed by atoms with Crippen LogP contribution in [0.5, 0.6) is 0 Å². The second kappa shape index (κ2) is 3.86. The summed E-state index contributed by atoms with van der Waals surface area (Å²) in [5, 5.41) is -0.653. The van der Waals surface area contributed by atoms with Crippen molar-refractivity contribution in [1.82, 2.24) is 0 Å². The quantitative estimate of drug-likeness (QED) is 0.385. The van der Waals surface area contributed by atoms with Crippen LogP contribution in [0, 0.1) is 5.92 Å². The zero-order valence-corrected chi connectivity index (χ0v) is 14.3. The fraction of sp³-hybridized carbons (Fsp3) is 0.778. The summed E-state index contributed by atoms with van der Waals surface area (Å²) in [4.78, 5) is -1.24. The van der Waals surface area contributed by atoms with Crippen molar-refractivity contribution in [3.05, 3.63) is 11.1 Å². The molecule has 3 unspecified atom stereocenters. The van der Waals surface area contributed by atoms with Gasteiger partial charge in [0.25, 0.3) is 0 Å². The molecule has 0 saturated heterocycles. The molecule has 3 atom stereocenters. The van der Waals surface area contributed by atoms with Gasteiger partial charge in [-0.2, -0.15) is 0 Å². The smallest absolute Gasteiger partial charge is 0.245 e. The summed E-state index contributed by atoms with van der Waals surface area (Å²) in [6.07, 6.45) is 0.367. The van der Waals surface area contributed by atoms with Crippen LogP contribution in [0.1, 0.15) is 6.42 Å². The van der Waals surface area contributed by atoms with Crippen molar-refractivity contribution in [3.8, 4) is 0 Å². The third kappa shape index (κ3) is 1.55. The first-order chi connectivity index (χ1) is 7.95. The van der Waals surface area contributed by atoms with Gasteiger partial charge in [0.05, 0.1) is 5.38 Å². The maximum Gasteiger partial charge on any atom is 0.245 e. The monoisotopic (exact) mass is 408 g/mol. The van der Waals surface area contributed by atoms with Crippen LogP contribution in [0.25, 0.3) is 0 Å². The minimum absolute atomic E-state index is 0.317. The molecular weight excluding hydrogens is 408 g/mol. The summed E-state index contributed by atoms with van der Waals surface area (Å²) in [5.41, 5.74) is 0.791. The molecule has 1 fully saturated rings. The van der Waals surface area contributed by atoms with E-state index in [-0.39, 0.29) is 5.92 Å². The summed E-state index contributed by atoms with van der Waals surface area (Å²) in [5.74, 6) is -0.330. The number of alkyl halides is 8. The van der Waals surface area contributed by atoms with Gasteiger partial charge in [0, 0.05) is 17.1 Å². The molecule has 102 valence electrons. The molecule has 0 aromatic heterocycles. The van der Waals surface area contributed by atoms with Gasteiger partial charge in [0.2, 0.25) is 9.04 Å². The molecule has 0 aromatic carbocycles. The lowest BCUT2D eigenvalue weighted by Crippen LogP contribution is -2.47.